The molecule has 0 aliphatic rings. The molecule has 0 fully saturated rings. The molecule has 3 heterocycles. The summed E-state index contributed by atoms with van der Waals surface area (Å²) in [6, 6.07) is 61.1. The van der Waals surface area contributed by atoms with Crippen molar-refractivity contribution < 1.29 is 13.3 Å². The fourth-order valence-corrected chi connectivity index (χ4v) is 7.97. The van der Waals surface area contributed by atoms with E-state index in [2.05, 4.69) is 150 Å². The molecule has 0 amide bonds. The maximum absolute atomic E-state index is 6.99. The Balaban J connectivity index is 1.20. The zero-order chi connectivity index (χ0) is 34.2. The van der Waals surface area contributed by atoms with Gasteiger partial charge in [0.25, 0.3) is 0 Å². The van der Waals surface area contributed by atoms with Crippen LogP contribution in [0.15, 0.2) is 189 Å². The first-order valence-electron chi connectivity index (χ1n) is 17.5. The average molecular weight is 668 g/mol. The lowest BCUT2D eigenvalue weighted by Gasteiger charge is -2.27. The predicted octanol–water partition coefficient (Wildman–Crippen LogP) is 14.2. The van der Waals surface area contributed by atoms with Crippen LogP contribution < -0.4 is 4.90 Å². The maximum atomic E-state index is 6.99. The van der Waals surface area contributed by atoms with Gasteiger partial charge in [0.2, 0.25) is 0 Å². The Hall–Kier alpha value is -7.04. The minimum Gasteiger partial charge on any atom is -0.456 e. The Morgan fingerprint density at radius 1 is 0.346 bits per heavy atom. The second-order valence-corrected chi connectivity index (χ2v) is 13.2. The Labute approximate surface area is 298 Å². The highest BCUT2D eigenvalue weighted by Gasteiger charge is 2.25. The van der Waals surface area contributed by atoms with Crippen molar-refractivity contribution in [3.63, 3.8) is 0 Å². The highest BCUT2D eigenvalue weighted by Crippen LogP contribution is 2.48. The molecule has 0 N–H and O–H groups in total. The molecule has 0 radical (unpaired) electrons. The number of anilines is 3. The molecule has 0 unspecified atom stereocenters. The van der Waals surface area contributed by atoms with E-state index in [0.717, 1.165) is 105 Å². The summed E-state index contributed by atoms with van der Waals surface area (Å²) in [6.07, 6.45) is 0. The fraction of sp³-hybridized carbons (Fsp3) is 0. The van der Waals surface area contributed by atoms with Crippen LogP contribution in [0.1, 0.15) is 0 Å². The second-order valence-electron chi connectivity index (χ2n) is 13.2. The van der Waals surface area contributed by atoms with Crippen molar-refractivity contribution in [2.75, 3.05) is 4.90 Å². The molecule has 52 heavy (non-hydrogen) atoms. The lowest BCUT2D eigenvalue weighted by molar-refractivity contribution is 0.664. The third-order valence-corrected chi connectivity index (χ3v) is 10.3. The van der Waals surface area contributed by atoms with Gasteiger partial charge in [-0.1, -0.05) is 127 Å². The molecule has 244 valence electrons. The van der Waals surface area contributed by atoms with E-state index in [1.54, 1.807) is 0 Å². The van der Waals surface area contributed by atoms with Crippen LogP contribution in [0.2, 0.25) is 0 Å². The Morgan fingerprint density at radius 2 is 0.962 bits per heavy atom. The second kappa shape index (κ2) is 11.2. The number of nitrogens with zero attached hydrogens (tertiary/aromatic N) is 1. The summed E-state index contributed by atoms with van der Waals surface area (Å²) < 4.78 is 20.1. The number of fused-ring (bicyclic) bond motifs is 9. The minimum absolute atomic E-state index is 0.792. The van der Waals surface area contributed by atoms with Crippen molar-refractivity contribution in [1.29, 1.82) is 0 Å². The molecule has 4 heteroatoms. The van der Waals surface area contributed by atoms with E-state index >= 15 is 0 Å². The third-order valence-electron chi connectivity index (χ3n) is 10.3. The highest BCUT2D eigenvalue weighted by atomic mass is 16.3. The van der Waals surface area contributed by atoms with Crippen LogP contribution in [0.3, 0.4) is 0 Å². The van der Waals surface area contributed by atoms with Crippen LogP contribution in [-0.4, -0.2) is 0 Å². The smallest absolute Gasteiger partial charge is 0.159 e. The maximum Gasteiger partial charge on any atom is 0.159 e. The summed E-state index contributed by atoms with van der Waals surface area (Å²) in [7, 11) is 0. The number of rotatable bonds is 5. The van der Waals surface area contributed by atoms with E-state index < -0.39 is 0 Å². The van der Waals surface area contributed by atoms with Gasteiger partial charge in [-0.25, -0.2) is 0 Å². The molecule has 0 bridgehead atoms. The Morgan fingerprint density at radius 3 is 1.79 bits per heavy atom. The molecule has 8 aromatic carbocycles. The summed E-state index contributed by atoms with van der Waals surface area (Å²) in [5.41, 5.74) is 12.3. The summed E-state index contributed by atoms with van der Waals surface area (Å²) in [4.78, 5) is 2.30. The number of para-hydroxylation sites is 4. The van der Waals surface area contributed by atoms with Crippen LogP contribution in [-0.2, 0) is 0 Å². The van der Waals surface area contributed by atoms with Crippen molar-refractivity contribution in [2.45, 2.75) is 0 Å². The van der Waals surface area contributed by atoms with Gasteiger partial charge < -0.3 is 18.2 Å². The first kappa shape index (κ1) is 28.8. The molecule has 0 saturated heterocycles. The van der Waals surface area contributed by atoms with Gasteiger partial charge in [0.05, 0.1) is 17.1 Å². The molecular weight excluding hydrogens is 639 g/mol. The average Bonchev–Trinajstić information content (AvgIpc) is 3.89. The topological polar surface area (TPSA) is 42.7 Å². The van der Waals surface area contributed by atoms with E-state index in [1.807, 2.05) is 30.3 Å². The standard InChI is InChI=1S/C48H29NO3/c1-3-14-30(15-4-1)33-18-7-10-22-39(33)49(40-23-13-21-36-34-19-8-11-24-41(34)51-47(36)40)32-26-27-35-38-29-44-46(37-20-9-12-25-42(37)50-44)45(31-16-5-2-6-17-31)48(38)52-43(35)28-32/h1-29H. The van der Waals surface area contributed by atoms with Gasteiger partial charge in [-0.05, 0) is 53.6 Å². The third kappa shape index (κ3) is 4.28. The molecule has 0 saturated carbocycles. The van der Waals surface area contributed by atoms with E-state index in [1.165, 1.54) is 0 Å². The fourth-order valence-electron chi connectivity index (χ4n) is 7.97. The van der Waals surface area contributed by atoms with Crippen LogP contribution in [0, 0.1) is 0 Å². The number of furan rings is 3. The molecule has 0 spiro atoms. The number of hydrogen-bond acceptors (Lipinski definition) is 4. The first-order chi connectivity index (χ1) is 25.8. The van der Waals surface area contributed by atoms with Crippen LogP contribution >= 0.6 is 0 Å². The van der Waals surface area contributed by atoms with Gasteiger partial charge in [-0.3, -0.25) is 0 Å². The Kier molecular flexibility index (Phi) is 6.22. The van der Waals surface area contributed by atoms with Crippen molar-refractivity contribution in [1.82, 2.24) is 0 Å². The summed E-state index contributed by atoms with van der Waals surface area (Å²) in [5, 5.41) is 6.33. The van der Waals surface area contributed by atoms with Crippen molar-refractivity contribution >= 4 is 82.9 Å². The normalized spacial score (nSPS) is 11.8. The molecule has 0 atom stereocenters. The molecule has 11 aromatic rings. The highest BCUT2D eigenvalue weighted by molar-refractivity contribution is 6.23. The van der Waals surface area contributed by atoms with E-state index in [9.17, 15) is 0 Å². The summed E-state index contributed by atoms with van der Waals surface area (Å²) >= 11 is 0. The van der Waals surface area contributed by atoms with Crippen LogP contribution in [0.5, 0.6) is 0 Å². The minimum atomic E-state index is 0.792. The number of benzene rings is 8. The Bertz CT molecular complexity index is 3130. The summed E-state index contributed by atoms with van der Waals surface area (Å²) in [6.45, 7) is 0. The molecular formula is C48H29NO3. The van der Waals surface area contributed by atoms with Gasteiger partial charge >= 0.3 is 0 Å². The van der Waals surface area contributed by atoms with E-state index in [-0.39, 0.29) is 0 Å². The molecule has 0 aliphatic heterocycles. The van der Waals surface area contributed by atoms with Gasteiger partial charge in [0.1, 0.15) is 27.9 Å². The molecule has 11 rings (SSSR count). The zero-order valence-electron chi connectivity index (χ0n) is 27.9. The summed E-state index contributed by atoms with van der Waals surface area (Å²) in [5.74, 6) is 0. The van der Waals surface area contributed by atoms with Crippen LogP contribution in [0.4, 0.5) is 17.1 Å². The van der Waals surface area contributed by atoms with Gasteiger partial charge in [0, 0.05) is 49.5 Å². The molecule has 4 nitrogen and oxygen atoms in total. The molecule has 3 aromatic heterocycles. The lowest BCUT2D eigenvalue weighted by atomic mass is 9.96. The van der Waals surface area contributed by atoms with Crippen LogP contribution in [0.25, 0.3) is 88.1 Å². The lowest BCUT2D eigenvalue weighted by Crippen LogP contribution is -2.11. The first-order valence-corrected chi connectivity index (χ1v) is 17.5. The number of hydrogen-bond donors (Lipinski definition) is 0. The van der Waals surface area contributed by atoms with Crippen molar-refractivity contribution in [3.8, 4) is 22.3 Å². The van der Waals surface area contributed by atoms with Gasteiger partial charge in [0.15, 0.2) is 5.58 Å². The largest absolute Gasteiger partial charge is 0.456 e. The van der Waals surface area contributed by atoms with Gasteiger partial charge in [-0.2, -0.15) is 0 Å². The molecule has 0 aliphatic carbocycles. The SMILES string of the molecule is c1ccc(-c2ccccc2N(c2ccc3c(c2)oc2c(-c4ccccc4)c4c(cc23)oc2ccccc24)c2cccc3c2oc2ccccc23)cc1. The monoisotopic (exact) mass is 667 g/mol. The quantitative estimate of drug-likeness (QED) is 0.183. The van der Waals surface area contributed by atoms with Crippen molar-refractivity contribution in [3.05, 3.63) is 176 Å². The van der Waals surface area contributed by atoms with Gasteiger partial charge in [-0.15, -0.1) is 0 Å². The zero-order valence-corrected chi connectivity index (χ0v) is 27.9. The van der Waals surface area contributed by atoms with Crippen molar-refractivity contribution in [2.24, 2.45) is 0 Å². The van der Waals surface area contributed by atoms with E-state index in [4.69, 9.17) is 13.3 Å². The predicted molar refractivity (Wildman–Crippen MR) is 214 cm³/mol. The van der Waals surface area contributed by atoms with E-state index in [0.29, 0.717) is 0 Å².